The fourth-order valence-corrected chi connectivity index (χ4v) is 0. The second-order valence-corrected chi connectivity index (χ2v) is 0. The third-order valence-electron chi connectivity index (χ3n) is 0. The minimum atomic E-state index is 0. The fourth-order valence-electron chi connectivity index (χ4n) is 0. The molecule has 2 radical (unpaired) electrons. The number of hydrogen-bond acceptors (Lipinski definition) is 1. The Labute approximate surface area is 46.0 Å². The van der Waals surface area contributed by atoms with Crippen LogP contribution in [-0.4, -0.2) is 0 Å². The van der Waals surface area contributed by atoms with Crippen molar-refractivity contribution in [3.05, 3.63) is 0 Å². The standard InChI is InChI=1S/CHN.Co.Cu/c1-2;;/h1H;;. The first-order valence-electron chi connectivity index (χ1n) is 0.258. The van der Waals surface area contributed by atoms with Crippen molar-refractivity contribution in [3.8, 4) is 6.57 Å². The normalized spacial score (nSPS) is 0.500. The zero-order valence-corrected chi connectivity index (χ0v) is 3.64. The van der Waals surface area contributed by atoms with Crippen LogP contribution >= 0.6 is 0 Å². The second kappa shape index (κ2) is 83.6. The van der Waals surface area contributed by atoms with Crippen LogP contribution in [0.25, 0.3) is 0 Å². The van der Waals surface area contributed by atoms with E-state index in [0.717, 1.165) is 0 Å². The van der Waals surface area contributed by atoms with Gasteiger partial charge in [0.15, 0.2) is 0 Å². The molecule has 0 saturated heterocycles. The minimum Gasteiger partial charge on any atom is -0.202 e. The maximum absolute atomic E-state index is 6.50. The molecular weight excluding hydrogens is 148 g/mol. The van der Waals surface area contributed by atoms with E-state index in [9.17, 15) is 0 Å². The summed E-state index contributed by atoms with van der Waals surface area (Å²) in [7, 11) is 0. The van der Waals surface area contributed by atoms with Crippen LogP contribution in [0.2, 0.25) is 0 Å². The van der Waals surface area contributed by atoms with E-state index in [2.05, 4.69) is 6.57 Å². The molecule has 0 fully saturated rings. The van der Waals surface area contributed by atoms with E-state index in [4.69, 9.17) is 5.26 Å². The summed E-state index contributed by atoms with van der Waals surface area (Å²) in [5, 5.41) is 6.50. The number of nitriles is 1. The predicted molar refractivity (Wildman–Crippen MR) is 6.67 cm³/mol. The Morgan fingerprint density at radius 3 is 1.25 bits per heavy atom. The summed E-state index contributed by atoms with van der Waals surface area (Å²) in [6, 6.07) is 0. The molecular formula is CHCoCuN. The summed E-state index contributed by atoms with van der Waals surface area (Å²) in [6.07, 6.45) is 0. The van der Waals surface area contributed by atoms with E-state index < -0.39 is 0 Å². The van der Waals surface area contributed by atoms with E-state index >= 15 is 0 Å². The first-order chi connectivity index (χ1) is 1.00. The van der Waals surface area contributed by atoms with Crippen molar-refractivity contribution in [2.75, 3.05) is 0 Å². The van der Waals surface area contributed by atoms with E-state index in [1.54, 1.807) is 0 Å². The largest absolute Gasteiger partial charge is 0.202 e. The molecule has 0 N–H and O–H groups in total. The monoisotopic (exact) mass is 149 g/mol. The molecule has 0 amide bonds. The van der Waals surface area contributed by atoms with E-state index in [1.807, 2.05) is 0 Å². The second-order valence-electron chi connectivity index (χ2n) is 0. The molecule has 0 bridgehead atoms. The fraction of sp³-hybridized carbons (Fsp3) is 0. The first kappa shape index (κ1) is 24.3. The summed E-state index contributed by atoms with van der Waals surface area (Å²) in [6.45, 7) is 3.50. The van der Waals surface area contributed by atoms with Gasteiger partial charge in [-0.25, -0.2) is 5.26 Å². The van der Waals surface area contributed by atoms with Crippen molar-refractivity contribution >= 4 is 0 Å². The van der Waals surface area contributed by atoms with Crippen molar-refractivity contribution < 1.29 is 33.8 Å². The molecule has 0 unspecified atom stereocenters. The predicted octanol–water partition coefficient (Wildman–Crippen LogP) is 0.135. The first-order valence-corrected chi connectivity index (χ1v) is 0.258. The molecule has 0 rings (SSSR count). The van der Waals surface area contributed by atoms with Gasteiger partial charge in [0, 0.05) is 40.4 Å². The molecule has 0 aromatic rings. The molecule has 0 aliphatic heterocycles. The zero-order valence-electron chi connectivity index (χ0n) is 1.66. The Bertz CT molecular complexity index is 12.8. The van der Waals surface area contributed by atoms with Crippen LogP contribution in [0, 0.1) is 11.8 Å². The van der Waals surface area contributed by atoms with Crippen LogP contribution in [0.15, 0.2) is 0 Å². The number of hydrogen-bond donors (Lipinski definition) is 0. The molecule has 1 nitrogen and oxygen atoms in total. The maximum atomic E-state index is 6.50. The minimum absolute atomic E-state index is 0. The van der Waals surface area contributed by atoms with Gasteiger partial charge < -0.3 is 0 Å². The van der Waals surface area contributed by atoms with E-state index in [1.165, 1.54) is 0 Å². The Balaban J connectivity index is -0.00000000500. The zero-order chi connectivity index (χ0) is 2.00. The Morgan fingerprint density at radius 2 is 1.25 bits per heavy atom. The molecule has 0 saturated carbocycles. The summed E-state index contributed by atoms with van der Waals surface area (Å²) >= 11 is 0. The van der Waals surface area contributed by atoms with Crippen molar-refractivity contribution in [2.24, 2.45) is 0 Å². The van der Waals surface area contributed by atoms with Gasteiger partial charge in [-0.15, -0.1) is 0 Å². The Hall–Kier alpha value is 0.516. The summed E-state index contributed by atoms with van der Waals surface area (Å²) in [5.74, 6) is 0. The smallest absolute Gasteiger partial charge is 0.0462 e. The third kappa shape index (κ3) is 21.7. The number of rotatable bonds is 0. The van der Waals surface area contributed by atoms with Crippen molar-refractivity contribution in [1.82, 2.24) is 0 Å². The van der Waals surface area contributed by atoms with Crippen LogP contribution in [0.1, 0.15) is 0 Å². The Morgan fingerprint density at radius 1 is 1.25 bits per heavy atom. The third-order valence-corrected chi connectivity index (χ3v) is 0. The van der Waals surface area contributed by atoms with Crippen LogP contribution in [0.4, 0.5) is 0 Å². The maximum Gasteiger partial charge on any atom is 0.0462 e. The van der Waals surface area contributed by atoms with Gasteiger partial charge in [0.1, 0.15) is 0 Å². The SMILES string of the molecule is C#N.[Co].[Cu]. The molecule has 30 valence electrons. The van der Waals surface area contributed by atoms with Crippen LogP contribution in [0.3, 0.4) is 0 Å². The van der Waals surface area contributed by atoms with Crippen molar-refractivity contribution in [2.45, 2.75) is 0 Å². The summed E-state index contributed by atoms with van der Waals surface area (Å²) in [5.41, 5.74) is 0. The van der Waals surface area contributed by atoms with Crippen LogP contribution in [0.5, 0.6) is 0 Å². The average molecular weight is 150 g/mol. The molecule has 0 aliphatic carbocycles. The molecule has 0 aromatic carbocycles. The van der Waals surface area contributed by atoms with Gasteiger partial charge in [-0.1, -0.05) is 0 Å². The molecule has 0 spiro atoms. The van der Waals surface area contributed by atoms with Gasteiger partial charge in [-0.3, -0.25) is 0 Å². The number of nitrogens with zero attached hydrogens (tertiary/aromatic N) is 1. The van der Waals surface area contributed by atoms with Crippen molar-refractivity contribution in [1.29, 1.82) is 5.26 Å². The van der Waals surface area contributed by atoms with Gasteiger partial charge >= 0.3 is 0 Å². The van der Waals surface area contributed by atoms with Gasteiger partial charge in [-0.05, 0) is 0 Å². The summed E-state index contributed by atoms with van der Waals surface area (Å²) < 4.78 is 0. The molecule has 3 heteroatoms. The van der Waals surface area contributed by atoms with Crippen LogP contribution < -0.4 is 0 Å². The molecule has 4 heavy (non-hydrogen) atoms. The van der Waals surface area contributed by atoms with Gasteiger partial charge in [-0.2, -0.15) is 0 Å². The topological polar surface area (TPSA) is 23.8 Å². The molecule has 0 atom stereocenters. The van der Waals surface area contributed by atoms with E-state index in [0.29, 0.717) is 0 Å². The van der Waals surface area contributed by atoms with Gasteiger partial charge in [0.25, 0.3) is 0 Å². The molecule has 0 aromatic heterocycles. The molecule has 0 aliphatic rings. The quantitative estimate of drug-likeness (QED) is 0.450. The van der Waals surface area contributed by atoms with Crippen molar-refractivity contribution in [3.63, 3.8) is 0 Å². The summed E-state index contributed by atoms with van der Waals surface area (Å²) in [4.78, 5) is 0. The molecule has 0 heterocycles. The van der Waals surface area contributed by atoms with Crippen LogP contribution in [-0.2, 0) is 33.8 Å². The Kier molecular flexibility index (Phi) is 508. The average Bonchev–Trinajstić information content (AvgIpc) is 1.00. The van der Waals surface area contributed by atoms with Gasteiger partial charge in [0.2, 0.25) is 0 Å². The van der Waals surface area contributed by atoms with E-state index in [-0.39, 0.29) is 33.8 Å². The van der Waals surface area contributed by atoms with Gasteiger partial charge in [0.05, 0.1) is 0 Å².